The summed E-state index contributed by atoms with van der Waals surface area (Å²) < 4.78 is 7.42. The minimum absolute atomic E-state index is 0.0553. The van der Waals surface area contributed by atoms with Gasteiger partial charge in [0.1, 0.15) is 0 Å². The molecule has 0 saturated heterocycles. The molecule has 0 bridgehead atoms. The maximum atomic E-state index is 11.2. The molecular formula is C13H13BrClN3O3. The number of nitrogens with zero attached hydrogens (tertiary/aromatic N) is 3. The van der Waals surface area contributed by atoms with Gasteiger partial charge in [-0.2, -0.15) is 0 Å². The highest BCUT2D eigenvalue weighted by molar-refractivity contribution is 9.10. The molecule has 0 amide bonds. The number of halogens is 2. The summed E-state index contributed by atoms with van der Waals surface area (Å²) in [4.78, 5) is 11.2. The number of aromatic nitrogens is 3. The Kier molecular flexibility index (Phi) is 5.33. The number of carbonyl (C=O) groups is 1. The van der Waals surface area contributed by atoms with E-state index in [4.69, 9.17) is 21.4 Å². The van der Waals surface area contributed by atoms with E-state index < -0.39 is 5.97 Å². The first-order valence-corrected chi connectivity index (χ1v) is 7.28. The van der Waals surface area contributed by atoms with Gasteiger partial charge in [-0.25, -0.2) is 9.48 Å². The van der Waals surface area contributed by atoms with Crippen molar-refractivity contribution in [3.8, 4) is 0 Å². The maximum Gasteiger partial charge on any atom is 0.358 e. The largest absolute Gasteiger partial charge is 0.476 e. The molecule has 0 fully saturated rings. The van der Waals surface area contributed by atoms with Gasteiger partial charge in [-0.3, -0.25) is 0 Å². The fourth-order valence-corrected chi connectivity index (χ4v) is 2.62. The van der Waals surface area contributed by atoms with Crippen LogP contribution in [0.15, 0.2) is 22.7 Å². The highest BCUT2D eigenvalue weighted by atomic mass is 79.9. The number of benzene rings is 1. The molecule has 1 aromatic heterocycles. The van der Waals surface area contributed by atoms with E-state index in [0.29, 0.717) is 30.3 Å². The van der Waals surface area contributed by atoms with E-state index >= 15 is 0 Å². The van der Waals surface area contributed by atoms with Crippen molar-refractivity contribution in [2.75, 3.05) is 13.7 Å². The number of aromatic carboxylic acids is 1. The molecule has 0 aliphatic heterocycles. The van der Waals surface area contributed by atoms with Crippen molar-refractivity contribution in [1.29, 1.82) is 0 Å². The van der Waals surface area contributed by atoms with Gasteiger partial charge in [0.2, 0.25) is 0 Å². The minimum atomic E-state index is -1.10. The first-order chi connectivity index (χ1) is 10.0. The molecule has 1 heterocycles. The monoisotopic (exact) mass is 373 g/mol. The summed E-state index contributed by atoms with van der Waals surface area (Å²) in [5.41, 5.74) is 1.30. The maximum absolute atomic E-state index is 11.2. The lowest BCUT2D eigenvalue weighted by Crippen LogP contribution is -2.12. The second-order valence-electron chi connectivity index (χ2n) is 4.33. The number of hydrogen-bond donors (Lipinski definition) is 1. The van der Waals surface area contributed by atoms with Crippen molar-refractivity contribution in [2.24, 2.45) is 0 Å². The van der Waals surface area contributed by atoms with Crippen LogP contribution in [0.4, 0.5) is 0 Å². The first kappa shape index (κ1) is 15.9. The summed E-state index contributed by atoms with van der Waals surface area (Å²) >= 11 is 9.51. The van der Waals surface area contributed by atoms with Gasteiger partial charge in [0.15, 0.2) is 5.69 Å². The van der Waals surface area contributed by atoms with Gasteiger partial charge in [-0.1, -0.05) is 38.8 Å². The van der Waals surface area contributed by atoms with Crippen molar-refractivity contribution < 1.29 is 14.6 Å². The highest BCUT2D eigenvalue weighted by Crippen LogP contribution is 2.22. The molecule has 1 N–H and O–H groups in total. The molecule has 0 saturated carbocycles. The van der Waals surface area contributed by atoms with Crippen molar-refractivity contribution in [3.63, 3.8) is 0 Å². The summed E-state index contributed by atoms with van der Waals surface area (Å²) in [5, 5.41) is 17.4. The van der Waals surface area contributed by atoms with Gasteiger partial charge >= 0.3 is 5.97 Å². The van der Waals surface area contributed by atoms with Crippen molar-refractivity contribution in [2.45, 2.75) is 13.0 Å². The van der Waals surface area contributed by atoms with Gasteiger partial charge in [0, 0.05) is 23.0 Å². The molecule has 1 aromatic carbocycles. The first-order valence-electron chi connectivity index (χ1n) is 6.11. The molecule has 0 spiro atoms. The molecule has 2 aromatic rings. The summed E-state index contributed by atoms with van der Waals surface area (Å²) in [6.07, 6.45) is 0.416. The van der Waals surface area contributed by atoms with Crippen LogP contribution in [0.3, 0.4) is 0 Å². The zero-order chi connectivity index (χ0) is 15.4. The lowest BCUT2D eigenvalue weighted by Gasteiger charge is -2.08. The van der Waals surface area contributed by atoms with Crippen LogP contribution in [0.25, 0.3) is 0 Å². The van der Waals surface area contributed by atoms with Gasteiger partial charge in [-0.05, 0) is 17.7 Å². The summed E-state index contributed by atoms with van der Waals surface area (Å²) in [5.74, 6) is -1.10. The smallest absolute Gasteiger partial charge is 0.358 e. The number of hydrogen-bond acceptors (Lipinski definition) is 4. The molecule has 2 rings (SSSR count). The summed E-state index contributed by atoms with van der Waals surface area (Å²) in [7, 11) is 1.56. The Morgan fingerprint density at radius 2 is 2.29 bits per heavy atom. The molecule has 0 aliphatic rings. The number of carboxylic acid groups (broad SMARTS) is 1. The van der Waals surface area contributed by atoms with Crippen LogP contribution in [-0.2, 0) is 17.7 Å². The SMILES string of the molecule is COCCc1c(C(=O)O)nnn1Cc1ccc(Br)cc1Cl. The zero-order valence-electron chi connectivity index (χ0n) is 11.2. The standard InChI is InChI=1S/C13H13BrClN3O3/c1-21-5-4-11-12(13(19)20)16-17-18(11)7-8-2-3-9(14)6-10(8)15/h2-3,6H,4-5,7H2,1H3,(H,19,20). The molecule has 6 nitrogen and oxygen atoms in total. The van der Waals surface area contributed by atoms with Gasteiger partial charge in [0.25, 0.3) is 0 Å². The average Bonchev–Trinajstić information content (AvgIpc) is 2.82. The van der Waals surface area contributed by atoms with E-state index in [-0.39, 0.29) is 5.69 Å². The number of carboxylic acids is 1. The van der Waals surface area contributed by atoms with Crippen LogP contribution >= 0.6 is 27.5 Å². The van der Waals surface area contributed by atoms with Crippen molar-refractivity contribution >= 4 is 33.5 Å². The fraction of sp³-hybridized carbons (Fsp3) is 0.308. The van der Waals surface area contributed by atoms with Crippen molar-refractivity contribution in [1.82, 2.24) is 15.0 Å². The molecule has 8 heteroatoms. The summed E-state index contributed by atoms with van der Waals surface area (Å²) in [6.45, 7) is 0.743. The summed E-state index contributed by atoms with van der Waals surface area (Å²) in [6, 6.07) is 5.50. The molecule has 0 aliphatic carbocycles. The molecule has 112 valence electrons. The molecular weight excluding hydrogens is 362 g/mol. The predicted octanol–water partition coefficient (Wildman–Crippen LogP) is 2.63. The third-order valence-corrected chi connectivity index (χ3v) is 3.76. The van der Waals surface area contributed by atoms with Crippen LogP contribution in [0.1, 0.15) is 21.7 Å². The molecule has 0 atom stereocenters. The molecule has 0 radical (unpaired) electrons. The highest BCUT2D eigenvalue weighted by Gasteiger charge is 2.19. The van der Waals surface area contributed by atoms with Crippen LogP contribution in [0, 0.1) is 0 Å². The lowest BCUT2D eigenvalue weighted by atomic mass is 10.2. The second kappa shape index (κ2) is 7.02. The van der Waals surface area contributed by atoms with Gasteiger partial charge in [-0.15, -0.1) is 5.10 Å². The fourth-order valence-electron chi connectivity index (χ4n) is 1.88. The Bertz CT molecular complexity index is 660. The normalized spacial score (nSPS) is 10.8. The Morgan fingerprint density at radius 1 is 1.52 bits per heavy atom. The van der Waals surface area contributed by atoms with E-state index in [2.05, 4.69) is 26.2 Å². The van der Waals surface area contributed by atoms with E-state index in [1.807, 2.05) is 12.1 Å². The van der Waals surface area contributed by atoms with Gasteiger partial charge < -0.3 is 9.84 Å². The zero-order valence-corrected chi connectivity index (χ0v) is 13.6. The van der Waals surface area contributed by atoms with Crippen LogP contribution < -0.4 is 0 Å². The third-order valence-electron chi connectivity index (χ3n) is 2.92. The topological polar surface area (TPSA) is 77.2 Å². The number of rotatable bonds is 6. The number of methoxy groups -OCH3 is 1. The van der Waals surface area contributed by atoms with E-state index in [0.717, 1.165) is 10.0 Å². The lowest BCUT2D eigenvalue weighted by molar-refractivity contribution is 0.0688. The van der Waals surface area contributed by atoms with Crippen LogP contribution in [0.5, 0.6) is 0 Å². The minimum Gasteiger partial charge on any atom is -0.476 e. The van der Waals surface area contributed by atoms with Crippen LogP contribution in [-0.4, -0.2) is 39.8 Å². The second-order valence-corrected chi connectivity index (χ2v) is 5.65. The predicted molar refractivity (Wildman–Crippen MR) is 80.8 cm³/mol. The van der Waals surface area contributed by atoms with E-state index in [1.54, 1.807) is 13.2 Å². The van der Waals surface area contributed by atoms with Gasteiger partial charge in [0.05, 0.1) is 18.8 Å². The van der Waals surface area contributed by atoms with E-state index in [1.165, 1.54) is 4.68 Å². The third kappa shape index (κ3) is 3.81. The average molecular weight is 375 g/mol. The molecule has 21 heavy (non-hydrogen) atoms. The Morgan fingerprint density at radius 3 is 2.90 bits per heavy atom. The van der Waals surface area contributed by atoms with E-state index in [9.17, 15) is 4.79 Å². The Balaban J connectivity index is 2.32. The molecule has 0 unspecified atom stereocenters. The van der Waals surface area contributed by atoms with Crippen molar-refractivity contribution in [3.05, 3.63) is 44.6 Å². The quantitative estimate of drug-likeness (QED) is 0.841. The Labute approximate surface area is 134 Å². The number of ether oxygens (including phenoxy) is 1. The Hall–Kier alpha value is -1.44. The van der Waals surface area contributed by atoms with Crippen LogP contribution in [0.2, 0.25) is 5.02 Å².